The fourth-order valence-corrected chi connectivity index (χ4v) is 0.906. The molecule has 4 nitrogen and oxygen atoms in total. The van der Waals surface area contributed by atoms with Crippen LogP contribution in [-0.4, -0.2) is 37.3 Å². The molecule has 0 radical (unpaired) electrons. The average Bonchev–Trinajstić information content (AvgIpc) is 2.52. The summed E-state index contributed by atoms with van der Waals surface area (Å²) < 4.78 is 4.94. The van der Waals surface area contributed by atoms with Gasteiger partial charge in [0.15, 0.2) is 0 Å². The van der Waals surface area contributed by atoms with Crippen LogP contribution in [0.5, 0.6) is 0 Å². The minimum Gasteiger partial charge on any atom is -0.372 e. The van der Waals surface area contributed by atoms with E-state index >= 15 is 0 Å². The summed E-state index contributed by atoms with van der Waals surface area (Å²) >= 11 is 0. The molecule has 0 aliphatic carbocycles. The zero-order valence-electron chi connectivity index (χ0n) is 6.71. The molecule has 64 valence electrons. The van der Waals surface area contributed by atoms with Crippen molar-refractivity contribution in [3.05, 3.63) is 0 Å². The molecule has 1 amide bonds. The number of amides is 1. The number of hydrogen-bond donors (Lipinski definition) is 0. The number of carbonyl (C=O) groups is 1. The highest BCUT2D eigenvalue weighted by atomic mass is 16.7. The molecule has 4 heteroatoms. The number of carbonyl (C=O) groups excluding carboxylic acids is 1. The highest BCUT2D eigenvalue weighted by Crippen LogP contribution is 2.03. The molecule has 0 aromatic rings. The lowest BCUT2D eigenvalue weighted by molar-refractivity contribution is -0.173. The first-order valence-electron chi connectivity index (χ1n) is 3.85. The van der Waals surface area contributed by atoms with Crippen LogP contribution in [0.25, 0.3) is 0 Å². The summed E-state index contributed by atoms with van der Waals surface area (Å²) in [5.74, 6) is -0.0793. The molecule has 0 atom stereocenters. The largest absolute Gasteiger partial charge is 0.372 e. The van der Waals surface area contributed by atoms with Crippen molar-refractivity contribution in [3.8, 4) is 0 Å². The molecule has 1 aliphatic rings. The zero-order chi connectivity index (χ0) is 8.10. The molecule has 1 aliphatic heterocycles. The molecule has 0 aromatic carbocycles. The molecule has 1 heterocycles. The molecule has 0 bridgehead atoms. The Balaban J connectivity index is 2.17. The summed E-state index contributed by atoms with van der Waals surface area (Å²) in [6, 6.07) is 0. The van der Waals surface area contributed by atoms with E-state index in [0.29, 0.717) is 19.8 Å². The Morgan fingerprint density at radius 1 is 1.73 bits per heavy atom. The minimum atomic E-state index is -0.0793. The average molecular weight is 159 g/mol. The number of hydrogen-bond acceptors (Lipinski definition) is 3. The van der Waals surface area contributed by atoms with Crippen molar-refractivity contribution in [2.75, 3.05) is 26.4 Å². The van der Waals surface area contributed by atoms with Crippen LogP contribution in [0.1, 0.15) is 13.3 Å². The predicted octanol–water partition coefficient (Wildman–Crippen LogP) is 0.187. The quantitative estimate of drug-likeness (QED) is 0.590. The van der Waals surface area contributed by atoms with Gasteiger partial charge in [-0.15, -0.1) is 0 Å². The van der Waals surface area contributed by atoms with E-state index in [0.717, 1.165) is 6.42 Å². The SMILES string of the molecule is CCOCC(=O)N1CCCO1. The van der Waals surface area contributed by atoms with Gasteiger partial charge in [-0.3, -0.25) is 9.63 Å². The minimum absolute atomic E-state index is 0.0793. The van der Waals surface area contributed by atoms with Crippen molar-refractivity contribution in [2.24, 2.45) is 0 Å². The second-order valence-electron chi connectivity index (χ2n) is 2.32. The fourth-order valence-electron chi connectivity index (χ4n) is 0.906. The third kappa shape index (κ3) is 2.48. The molecule has 0 N–H and O–H groups in total. The van der Waals surface area contributed by atoms with E-state index in [1.54, 1.807) is 0 Å². The number of ether oxygens (including phenoxy) is 1. The summed E-state index contributed by atoms with van der Waals surface area (Å²) in [5, 5.41) is 1.37. The van der Waals surface area contributed by atoms with E-state index in [1.807, 2.05) is 6.92 Å². The lowest BCUT2D eigenvalue weighted by Gasteiger charge is -2.12. The summed E-state index contributed by atoms with van der Waals surface area (Å²) in [4.78, 5) is 16.1. The van der Waals surface area contributed by atoms with Crippen molar-refractivity contribution in [1.82, 2.24) is 5.06 Å². The van der Waals surface area contributed by atoms with Crippen LogP contribution in [0.4, 0.5) is 0 Å². The van der Waals surface area contributed by atoms with Gasteiger partial charge in [0.1, 0.15) is 6.61 Å². The highest BCUT2D eigenvalue weighted by molar-refractivity contribution is 5.76. The Hall–Kier alpha value is -0.610. The first kappa shape index (κ1) is 8.49. The van der Waals surface area contributed by atoms with Gasteiger partial charge in [0.05, 0.1) is 13.2 Å². The third-order valence-electron chi connectivity index (χ3n) is 1.46. The topological polar surface area (TPSA) is 38.8 Å². The standard InChI is InChI=1S/C7H13NO3/c1-2-10-6-7(9)8-4-3-5-11-8/h2-6H2,1H3. The van der Waals surface area contributed by atoms with E-state index in [4.69, 9.17) is 9.57 Å². The Morgan fingerprint density at radius 3 is 3.09 bits per heavy atom. The maximum atomic E-state index is 11.1. The van der Waals surface area contributed by atoms with E-state index in [2.05, 4.69) is 0 Å². The third-order valence-corrected chi connectivity index (χ3v) is 1.46. The van der Waals surface area contributed by atoms with Gasteiger partial charge in [-0.25, -0.2) is 5.06 Å². The first-order valence-corrected chi connectivity index (χ1v) is 3.85. The Labute approximate surface area is 66.0 Å². The Kier molecular flexibility index (Phi) is 3.32. The van der Waals surface area contributed by atoms with Crippen molar-refractivity contribution >= 4 is 5.91 Å². The van der Waals surface area contributed by atoms with E-state index in [-0.39, 0.29) is 12.5 Å². The molecule has 0 unspecified atom stereocenters. The van der Waals surface area contributed by atoms with E-state index in [1.165, 1.54) is 5.06 Å². The van der Waals surface area contributed by atoms with Gasteiger partial charge < -0.3 is 4.74 Å². The second kappa shape index (κ2) is 4.31. The number of nitrogens with zero attached hydrogens (tertiary/aromatic N) is 1. The highest BCUT2D eigenvalue weighted by Gasteiger charge is 2.18. The summed E-state index contributed by atoms with van der Waals surface area (Å²) in [6.45, 7) is 3.91. The van der Waals surface area contributed by atoms with Crippen molar-refractivity contribution in [3.63, 3.8) is 0 Å². The van der Waals surface area contributed by atoms with Crippen LogP contribution >= 0.6 is 0 Å². The zero-order valence-corrected chi connectivity index (χ0v) is 6.71. The van der Waals surface area contributed by atoms with Gasteiger partial charge in [-0.05, 0) is 13.3 Å². The van der Waals surface area contributed by atoms with Gasteiger partial charge in [0.25, 0.3) is 5.91 Å². The molecular formula is C7H13NO3. The summed E-state index contributed by atoms with van der Waals surface area (Å²) in [7, 11) is 0. The van der Waals surface area contributed by atoms with Gasteiger partial charge in [0.2, 0.25) is 0 Å². The Morgan fingerprint density at radius 2 is 2.55 bits per heavy atom. The Bertz CT molecular complexity index is 132. The number of rotatable bonds is 3. The van der Waals surface area contributed by atoms with Crippen molar-refractivity contribution in [2.45, 2.75) is 13.3 Å². The van der Waals surface area contributed by atoms with E-state index in [9.17, 15) is 4.79 Å². The van der Waals surface area contributed by atoms with E-state index < -0.39 is 0 Å². The van der Waals surface area contributed by atoms with Gasteiger partial charge in [-0.2, -0.15) is 0 Å². The van der Waals surface area contributed by atoms with Crippen LogP contribution in [0.2, 0.25) is 0 Å². The molecule has 0 saturated carbocycles. The molecule has 11 heavy (non-hydrogen) atoms. The van der Waals surface area contributed by atoms with Crippen LogP contribution in [0.15, 0.2) is 0 Å². The molecule has 0 spiro atoms. The van der Waals surface area contributed by atoms with Crippen LogP contribution < -0.4 is 0 Å². The van der Waals surface area contributed by atoms with Crippen LogP contribution in [-0.2, 0) is 14.4 Å². The maximum absolute atomic E-state index is 11.1. The smallest absolute Gasteiger partial charge is 0.272 e. The maximum Gasteiger partial charge on any atom is 0.272 e. The van der Waals surface area contributed by atoms with Gasteiger partial charge in [0, 0.05) is 6.61 Å². The molecule has 0 aromatic heterocycles. The lowest BCUT2D eigenvalue weighted by atomic mass is 10.5. The summed E-state index contributed by atoms with van der Waals surface area (Å²) in [6.07, 6.45) is 0.928. The van der Waals surface area contributed by atoms with Crippen molar-refractivity contribution < 1.29 is 14.4 Å². The van der Waals surface area contributed by atoms with Gasteiger partial charge >= 0.3 is 0 Å². The molecule has 1 rings (SSSR count). The molecular weight excluding hydrogens is 146 g/mol. The summed E-state index contributed by atoms with van der Waals surface area (Å²) in [5.41, 5.74) is 0. The number of hydroxylamine groups is 2. The second-order valence-corrected chi connectivity index (χ2v) is 2.32. The monoisotopic (exact) mass is 159 g/mol. The normalized spacial score (nSPS) is 17.4. The molecule has 1 fully saturated rings. The molecule has 1 saturated heterocycles. The van der Waals surface area contributed by atoms with Gasteiger partial charge in [-0.1, -0.05) is 0 Å². The van der Waals surface area contributed by atoms with Crippen LogP contribution in [0.3, 0.4) is 0 Å². The first-order chi connectivity index (χ1) is 5.34. The predicted molar refractivity (Wildman–Crippen MR) is 38.8 cm³/mol. The lowest BCUT2D eigenvalue weighted by Crippen LogP contribution is -2.30. The van der Waals surface area contributed by atoms with Crippen molar-refractivity contribution in [1.29, 1.82) is 0 Å². The fraction of sp³-hybridized carbons (Fsp3) is 0.857. The van der Waals surface area contributed by atoms with Crippen LogP contribution in [0, 0.1) is 0 Å².